The molecule has 4 rings (SSSR count). The fourth-order valence-corrected chi connectivity index (χ4v) is 4.46. The number of barbiturate groups is 1. The van der Waals surface area contributed by atoms with Crippen molar-refractivity contribution in [1.29, 1.82) is 0 Å². The largest absolute Gasteiger partial charge is 0.490 e. The molecule has 15 heteroatoms. The minimum Gasteiger partial charge on any atom is -0.490 e. The van der Waals surface area contributed by atoms with Gasteiger partial charge in [-0.2, -0.15) is 13.2 Å². The van der Waals surface area contributed by atoms with Gasteiger partial charge < -0.3 is 9.47 Å². The average molecular weight is 650 g/mol. The van der Waals surface area contributed by atoms with Crippen LogP contribution in [0.15, 0.2) is 66.8 Å². The maximum absolute atomic E-state index is 13.4. The summed E-state index contributed by atoms with van der Waals surface area (Å²) in [5.74, 6) is -2.52. The Hall–Kier alpha value is -4.88. The summed E-state index contributed by atoms with van der Waals surface area (Å²) in [4.78, 5) is 50.0. The number of alkyl halides is 3. The van der Waals surface area contributed by atoms with Gasteiger partial charge in [-0.1, -0.05) is 29.3 Å². The third-order valence-electron chi connectivity index (χ3n) is 6.09. The summed E-state index contributed by atoms with van der Waals surface area (Å²) in [7, 11) is 0. The van der Waals surface area contributed by atoms with Gasteiger partial charge in [0.2, 0.25) is 5.75 Å². The molecule has 0 bridgehead atoms. The Morgan fingerprint density at radius 1 is 1.05 bits per heavy atom. The number of carbonyl (C=O) groups excluding carboxylic acids is 3. The molecule has 0 atom stereocenters. The van der Waals surface area contributed by atoms with Crippen LogP contribution in [0.4, 0.5) is 29.3 Å². The molecule has 0 radical (unpaired) electrons. The molecule has 1 heterocycles. The van der Waals surface area contributed by atoms with Gasteiger partial charge in [0.15, 0.2) is 11.5 Å². The van der Waals surface area contributed by atoms with Gasteiger partial charge >= 0.3 is 17.9 Å². The highest BCUT2D eigenvalue weighted by molar-refractivity contribution is 6.43. The van der Waals surface area contributed by atoms with Crippen LogP contribution in [0.1, 0.15) is 23.6 Å². The van der Waals surface area contributed by atoms with Gasteiger partial charge in [0.1, 0.15) is 5.57 Å². The lowest BCUT2D eigenvalue weighted by Gasteiger charge is -2.26. The van der Waals surface area contributed by atoms with Crippen molar-refractivity contribution in [2.75, 3.05) is 11.5 Å². The molecule has 228 valence electrons. The number of halogens is 5. The molecular formula is C29H20Cl2F3N3O7. The van der Waals surface area contributed by atoms with E-state index in [-0.39, 0.29) is 45.8 Å². The van der Waals surface area contributed by atoms with E-state index in [1.165, 1.54) is 42.5 Å². The monoisotopic (exact) mass is 649 g/mol. The number of nitrogens with zero attached hydrogens (tertiary/aromatic N) is 2. The van der Waals surface area contributed by atoms with Crippen LogP contribution in [0, 0.1) is 10.1 Å². The van der Waals surface area contributed by atoms with Crippen molar-refractivity contribution in [3.8, 4) is 17.2 Å². The van der Waals surface area contributed by atoms with Crippen LogP contribution in [0.3, 0.4) is 0 Å². The third-order valence-corrected chi connectivity index (χ3v) is 6.83. The third kappa shape index (κ3) is 6.68. The second-order valence-electron chi connectivity index (χ2n) is 9.03. The first-order valence-corrected chi connectivity index (χ1v) is 13.3. The number of urea groups is 1. The lowest BCUT2D eigenvalue weighted by atomic mass is 10.0. The molecule has 4 amide bonds. The highest BCUT2D eigenvalue weighted by atomic mass is 35.5. The molecule has 0 aliphatic carbocycles. The lowest BCUT2D eigenvalue weighted by molar-refractivity contribution is -0.385. The predicted octanol–water partition coefficient (Wildman–Crippen LogP) is 7.51. The van der Waals surface area contributed by atoms with Crippen molar-refractivity contribution in [3.05, 3.63) is 104 Å². The van der Waals surface area contributed by atoms with Gasteiger partial charge in [-0.3, -0.25) is 25.0 Å². The highest BCUT2D eigenvalue weighted by Crippen LogP contribution is 2.43. The van der Waals surface area contributed by atoms with Gasteiger partial charge in [0, 0.05) is 11.6 Å². The molecule has 44 heavy (non-hydrogen) atoms. The lowest BCUT2D eigenvalue weighted by Crippen LogP contribution is -2.54. The number of hydrogen-bond donors (Lipinski definition) is 1. The van der Waals surface area contributed by atoms with Crippen LogP contribution in [-0.4, -0.2) is 29.4 Å². The van der Waals surface area contributed by atoms with Crippen LogP contribution in [0.2, 0.25) is 10.0 Å². The van der Waals surface area contributed by atoms with Crippen molar-refractivity contribution in [1.82, 2.24) is 5.32 Å². The topological polar surface area (TPSA) is 128 Å². The van der Waals surface area contributed by atoms with Crippen molar-refractivity contribution in [3.63, 3.8) is 0 Å². The first-order valence-electron chi connectivity index (χ1n) is 12.6. The molecule has 0 saturated carbocycles. The van der Waals surface area contributed by atoms with E-state index < -0.39 is 51.5 Å². The predicted molar refractivity (Wildman–Crippen MR) is 155 cm³/mol. The Kier molecular flexibility index (Phi) is 9.30. The van der Waals surface area contributed by atoms with Crippen LogP contribution in [-0.2, 0) is 22.2 Å². The smallest absolute Gasteiger partial charge is 0.416 e. The fraction of sp³-hybridized carbons (Fsp3) is 0.138. The number of rotatable bonds is 9. The molecule has 3 aromatic rings. The summed E-state index contributed by atoms with van der Waals surface area (Å²) < 4.78 is 51.1. The van der Waals surface area contributed by atoms with Gasteiger partial charge in [-0.25, -0.2) is 9.69 Å². The Bertz CT molecular complexity index is 1740. The molecule has 3 aromatic carbocycles. The van der Waals surface area contributed by atoms with Crippen LogP contribution in [0.25, 0.3) is 6.08 Å². The van der Waals surface area contributed by atoms with E-state index in [1.54, 1.807) is 6.92 Å². The Labute approximate surface area is 257 Å². The highest BCUT2D eigenvalue weighted by Gasteiger charge is 2.37. The zero-order valence-electron chi connectivity index (χ0n) is 22.5. The average Bonchev–Trinajstić information content (AvgIpc) is 2.94. The zero-order valence-corrected chi connectivity index (χ0v) is 24.0. The van der Waals surface area contributed by atoms with E-state index in [2.05, 4.69) is 11.9 Å². The number of imide groups is 2. The van der Waals surface area contributed by atoms with E-state index in [4.69, 9.17) is 32.7 Å². The summed E-state index contributed by atoms with van der Waals surface area (Å²) in [6.07, 6.45) is -2.10. The number of benzene rings is 3. The minimum absolute atomic E-state index is 0.00558. The molecule has 0 aromatic heterocycles. The quantitative estimate of drug-likeness (QED) is 0.0835. The van der Waals surface area contributed by atoms with Gasteiger partial charge in [-0.15, -0.1) is 6.58 Å². The Morgan fingerprint density at radius 2 is 1.77 bits per heavy atom. The molecular weight excluding hydrogens is 630 g/mol. The number of anilines is 1. The van der Waals surface area contributed by atoms with Crippen molar-refractivity contribution in [2.24, 2.45) is 0 Å². The molecule has 0 unspecified atom stereocenters. The number of ether oxygens (including phenoxy) is 2. The summed E-state index contributed by atoms with van der Waals surface area (Å²) in [5.41, 5.74) is -2.04. The number of carbonyl (C=O) groups is 3. The summed E-state index contributed by atoms with van der Waals surface area (Å²) in [5, 5.41) is 14.0. The van der Waals surface area contributed by atoms with Crippen LogP contribution in [0.5, 0.6) is 17.2 Å². The fourth-order valence-electron chi connectivity index (χ4n) is 4.17. The summed E-state index contributed by atoms with van der Waals surface area (Å²) >= 11 is 12.0. The van der Waals surface area contributed by atoms with Crippen molar-refractivity contribution < 1.29 is 42.0 Å². The summed E-state index contributed by atoms with van der Waals surface area (Å²) in [6, 6.07) is 7.63. The normalized spacial score (nSPS) is 14.5. The van der Waals surface area contributed by atoms with Crippen LogP contribution >= 0.6 is 23.2 Å². The number of nitro groups is 1. The maximum atomic E-state index is 13.4. The SMILES string of the molecule is C=CCc1cc(/C=C2\C(=O)NC(=O)N(c3ccc(Cl)c(Cl)c3)C2=O)cc(OCC)c1Oc1ccc(C(F)(F)F)cc1[N+](=O)[O-]. The Morgan fingerprint density at radius 3 is 2.39 bits per heavy atom. The summed E-state index contributed by atoms with van der Waals surface area (Å²) in [6.45, 7) is 5.37. The number of nitro benzene ring substituents is 1. The second kappa shape index (κ2) is 12.8. The second-order valence-corrected chi connectivity index (χ2v) is 9.84. The van der Waals surface area contributed by atoms with E-state index in [0.29, 0.717) is 22.6 Å². The van der Waals surface area contributed by atoms with Crippen LogP contribution < -0.4 is 19.7 Å². The van der Waals surface area contributed by atoms with Gasteiger partial charge in [0.05, 0.1) is 32.8 Å². The molecule has 1 fully saturated rings. The molecule has 0 spiro atoms. The molecule has 1 N–H and O–H groups in total. The first kappa shape index (κ1) is 32.0. The first-order chi connectivity index (χ1) is 20.7. The molecule has 1 aliphatic heterocycles. The van der Waals surface area contributed by atoms with E-state index in [0.717, 1.165) is 6.07 Å². The Balaban J connectivity index is 1.81. The number of nitrogens with one attached hydrogen (secondary N) is 1. The number of amides is 4. The molecule has 1 aliphatic rings. The minimum atomic E-state index is -4.83. The molecule has 1 saturated heterocycles. The van der Waals surface area contributed by atoms with Gasteiger partial charge in [-0.05, 0) is 67.4 Å². The standard InChI is InChI=1S/C29H20Cl2F3N3O7/c1-3-5-16-10-15(11-19-26(38)35-28(40)36(27(19)39)18-7-8-20(30)21(31)14-18)12-24(43-4-2)25(16)44-23-9-6-17(29(32,33)34)13-22(23)37(41)42/h3,6-14H,1,4-5H2,2H3,(H,35,38,40)/b19-11+. The maximum Gasteiger partial charge on any atom is 0.416 e. The zero-order chi connectivity index (χ0) is 32.3. The van der Waals surface area contributed by atoms with E-state index in [1.807, 2.05) is 0 Å². The molecule has 10 nitrogen and oxygen atoms in total. The van der Waals surface area contributed by atoms with Gasteiger partial charge in [0.25, 0.3) is 11.8 Å². The van der Waals surface area contributed by atoms with E-state index in [9.17, 15) is 37.7 Å². The van der Waals surface area contributed by atoms with Crippen molar-refractivity contribution >= 4 is 58.5 Å². The van der Waals surface area contributed by atoms with E-state index >= 15 is 0 Å². The van der Waals surface area contributed by atoms with Crippen molar-refractivity contribution in [2.45, 2.75) is 19.5 Å². The number of allylic oxidation sites excluding steroid dienone is 1. The number of hydrogen-bond acceptors (Lipinski definition) is 7.